The van der Waals surface area contributed by atoms with Crippen molar-refractivity contribution < 1.29 is 9.15 Å². The Bertz CT molecular complexity index is 2120. The van der Waals surface area contributed by atoms with Crippen molar-refractivity contribution in [3.63, 3.8) is 0 Å². The Kier molecular flexibility index (Phi) is 4.17. The van der Waals surface area contributed by atoms with Crippen LogP contribution in [-0.4, -0.2) is 10.7 Å². The molecule has 0 amide bonds. The smallest absolute Gasteiger partial charge is 0.137 e. The van der Waals surface area contributed by atoms with Crippen molar-refractivity contribution in [3.05, 3.63) is 139 Å². The predicted octanol–water partition coefficient (Wildman–Crippen LogP) is 9.18. The van der Waals surface area contributed by atoms with E-state index in [1.807, 2.05) is 6.07 Å². The molecule has 0 radical (unpaired) electrons. The molecule has 0 N–H and O–H groups in total. The van der Waals surface area contributed by atoms with Gasteiger partial charge in [-0.3, -0.25) is 0 Å². The lowest BCUT2D eigenvalue weighted by molar-refractivity contribution is 0.269. The fourth-order valence-electron chi connectivity index (χ4n) is 6.53. The van der Waals surface area contributed by atoms with Gasteiger partial charge in [-0.05, 0) is 59.7 Å². The molecule has 1 aliphatic heterocycles. The summed E-state index contributed by atoms with van der Waals surface area (Å²) in [5.41, 5.74) is 8.96. The van der Waals surface area contributed by atoms with Crippen LogP contribution < -0.4 is 4.74 Å². The first kappa shape index (κ1) is 21.0. The van der Waals surface area contributed by atoms with E-state index in [0.29, 0.717) is 0 Å². The Morgan fingerprint density at radius 2 is 1.38 bits per heavy atom. The number of fused-ring (bicyclic) bond motifs is 9. The molecule has 3 heteroatoms. The van der Waals surface area contributed by atoms with E-state index in [1.54, 1.807) is 0 Å². The molecule has 9 rings (SSSR count). The highest BCUT2D eigenvalue weighted by Gasteiger charge is 2.33. The number of aromatic nitrogens is 1. The van der Waals surface area contributed by atoms with Crippen molar-refractivity contribution in [2.45, 2.75) is 12.0 Å². The molecule has 0 saturated heterocycles. The number of benzene rings is 5. The summed E-state index contributed by atoms with van der Waals surface area (Å²) in [4.78, 5) is 0. The molecule has 7 aromatic rings. The van der Waals surface area contributed by atoms with Crippen LogP contribution in [0.3, 0.4) is 0 Å². The summed E-state index contributed by atoms with van der Waals surface area (Å²) in [5.74, 6) is 1.23. The highest BCUT2D eigenvalue weighted by molar-refractivity contribution is 6.10. The van der Waals surface area contributed by atoms with E-state index in [0.717, 1.165) is 33.4 Å². The highest BCUT2D eigenvalue weighted by Crippen LogP contribution is 2.44. The average molecular weight is 502 g/mol. The van der Waals surface area contributed by atoms with Crippen LogP contribution in [0.5, 0.6) is 5.75 Å². The van der Waals surface area contributed by atoms with Crippen LogP contribution in [-0.2, 0) is 0 Å². The van der Waals surface area contributed by atoms with E-state index in [9.17, 15) is 0 Å². The number of hydrogen-bond donors (Lipinski definition) is 0. The molecule has 2 aromatic heterocycles. The molecule has 184 valence electrons. The zero-order valence-electron chi connectivity index (χ0n) is 21.0. The lowest BCUT2D eigenvalue weighted by Gasteiger charge is -2.18. The molecule has 2 atom stereocenters. The zero-order chi connectivity index (χ0) is 25.5. The molecule has 0 fully saturated rings. The maximum absolute atomic E-state index is 6.40. The third-order valence-electron chi connectivity index (χ3n) is 8.35. The van der Waals surface area contributed by atoms with Gasteiger partial charge in [-0.1, -0.05) is 72.8 Å². The minimum absolute atomic E-state index is 0.0731. The lowest BCUT2D eigenvalue weighted by atomic mass is 9.87. The second-order valence-corrected chi connectivity index (χ2v) is 10.5. The van der Waals surface area contributed by atoms with E-state index in [1.165, 1.54) is 38.5 Å². The number of ether oxygens (including phenoxy) is 1. The van der Waals surface area contributed by atoms with Crippen molar-refractivity contribution in [1.29, 1.82) is 0 Å². The summed E-state index contributed by atoms with van der Waals surface area (Å²) in [6.45, 7) is 0. The van der Waals surface area contributed by atoms with Crippen LogP contribution in [0.1, 0.15) is 17.0 Å². The van der Waals surface area contributed by atoms with E-state index in [4.69, 9.17) is 9.15 Å². The Morgan fingerprint density at radius 3 is 2.23 bits per heavy atom. The maximum Gasteiger partial charge on any atom is 0.137 e. The summed E-state index contributed by atoms with van der Waals surface area (Å²) in [7, 11) is 0. The molecule has 3 nitrogen and oxygen atoms in total. The SMILES string of the molecule is C1=CC2Oc3ccccc3C2C=C1c1ccc2oc3cc(-n4c5ccccc5c5ccccc54)ccc3c2c1. The van der Waals surface area contributed by atoms with Gasteiger partial charge in [0, 0.05) is 44.8 Å². The van der Waals surface area contributed by atoms with Crippen LogP contribution in [0, 0.1) is 0 Å². The van der Waals surface area contributed by atoms with Crippen molar-refractivity contribution in [1.82, 2.24) is 4.57 Å². The topological polar surface area (TPSA) is 27.3 Å². The fourth-order valence-corrected chi connectivity index (χ4v) is 6.53. The van der Waals surface area contributed by atoms with Crippen LogP contribution in [0.2, 0.25) is 0 Å². The van der Waals surface area contributed by atoms with Crippen LogP contribution >= 0.6 is 0 Å². The monoisotopic (exact) mass is 501 g/mol. The van der Waals surface area contributed by atoms with Gasteiger partial charge < -0.3 is 13.7 Å². The minimum Gasteiger partial charge on any atom is -0.485 e. The van der Waals surface area contributed by atoms with Gasteiger partial charge in [0.25, 0.3) is 0 Å². The van der Waals surface area contributed by atoms with E-state index in [-0.39, 0.29) is 12.0 Å². The van der Waals surface area contributed by atoms with Crippen molar-refractivity contribution >= 4 is 49.3 Å². The molecule has 3 heterocycles. The van der Waals surface area contributed by atoms with Crippen molar-refractivity contribution in [3.8, 4) is 11.4 Å². The molecule has 0 spiro atoms. The fraction of sp³-hybridized carbons (Fsp3) is 0.0556. The Hall–Kier alpha value is -5.02. The van der Waals surface area contributed by atoms with E-state index in [2.05, 4.69) is 126 Å². The molecular weight excluding hydrogens is 478 g/mol. The normalized spacial score (nSPS) is 18.0. The number of hydrogen-bond acceptors (Lipinski definition) is 2. The standard InChI is InChI=1S/C36H23NO2/c1-4-10-31-25(7-1)26-8-2-5-11-32(26)37(31)24-15-16-28-30-20-23(14-18-35(30)39-36(28)21-24)22-13-17-34-29(19-22)27-9-3-6-12-33(27)38-34/h1-21,29,34H. The Labute approximate surface area is 224 Å². The first-order chi connectivity index (χ1) is 19.3. The highest BCUT2D eigenvalue weighted by atomic mass is 16.5. The third kappa shape index (κ3) is 2.98. The first-order valence-corrected chi connectivity index (χ1v) is 13.4. The van der Waals surface area contributed by atoms with Gasteiger partial charge in [-0.2, -0.15) is 0 Å². The van der Waals surface area contributed by atoms with Gasteiger partial charge in [-0.15, -0.1) is 0 Å². The van der Waals surface area contributed by atoms with Crippen LogP contribution in [0.15, 0.2) is 132 Å². The van der Waals surface area contributed by atoms with Gasteiger partial charge in [-0.25, -0.2) is 0 Å². The van der Waals surface area contributed by atoms with Crippen LogP contribution in [0.4, 0.5) is 0 Å². The molecule has 1 aliphatic carbocycles. The molecule has 0 saturated carbocycles. The molecule has 39 heavy (non-hydrogen) atoms. The number of rotatable bonds is 2. The molecule has 5 aromatic carbocycles. The molecular formula is C36H23NO2. The van der Waals surface area contributed by atoms with Crippen LogP contribution in [0.25, 0.3) is 55.0 Å². The number of para-hydroxylation sites is 3. The summed E-state index contributed by atoms with van der Waals surface area (Å²) in [5, 5.41) is 4.78. The van der Waals surface area contributed by atoms with Gasteiger partial charge in [0.2, 0.25) is 0 Å². The predicted molar refractivity (Wildman–Crippen MR) is 159 cm³/mol. The Morgan fingerprint density at radius 1 is 0.615 bits per heavy atom. The molecule has 0 bridgehead atoms. The largest absolute Gasteiger partial charge is 0.485 e. The average Bonchev–Trinajstić information content (AvgIpc) is 3.65. The van der Waals surface area contributed by atoms with Gasteiger partial charge >= 0.3 is 0 Å². The summed E-state index contributed by atoms with van der Waals surface area (Å²) in [6.07, 6.45) is 6.80. The van der Waals surface area contributed by atoms with E-state index < -0.39 is 0 Å². The zero-order valence-corrected chi connectivity index (χ0v) is 21.0. The quantitative estimate of drug-likeness (QED) is 0.236. The van der Waals surface area contributed by atoms with Crippen molar-refractivity contribution in [2.24, 2.45) is 0 Å². The third-order valence-corrected chi connectivity index (χ3v) is 8.35. The summed E-state index contributed by atoms with van der Waals surface area (Å²) in [6, 6.07) is 38.7. The second-order valence-electron chi connectivity index (χ2n) is 10.5. The summed E-state index contributed by atoms with van der Waals surface area (Å²) < 4.78 is 14.9. The maximum atomic E-state index is 6.40. The van der Waals surface area contributed by atoms with E-state index >= 15 is 0 Å². The Balaban J connectivity index is 1.17. The summed E-state index contributed by atoms with van der Waals surface area (Å²) >= 11 is 0. The number of furan rings is 1. The molecule has 2 aliphatic rings. The lowest BCUT2D eigenvalue weighted by Crippen LogP contribution is -2.16. The number of allylic oxidation sites excluding steroid dienone is 2. The minimum atomic E-state index is 0.0731. The van der Waals surface area contributed by atoms with Gasteiger partial charge in [0.05, 0.1) is 11.0 Å². The first-order valence-electron chi connectivity index (χ1n) is 13.4. The van der Waals surface area contributed by atoms with Gasteiger partial charge in [0.1, 0.15) is 23.0 Å². The molecule has 2 unspecified atom stereocenters. The van der Waals surface area contributed by atoms with Gasteiger partial charge in [0.15, 0.2) is 0 Å². The number of nitrogens with zero attached hydrogens (tertiary/aromatic N) is 1. The second kappa shape index (κ2) is 7.75. The van der Waals surface area contributed by atoms with Crippen molar-refractivity contribution in [2.75, 3.05) is 0 Å².